The lowest BCUT2D eigenvalue weighted by Gasteiger charge is -2.62. The van der Waals surface area contributed by atoms with E-state index in [9.17, 15) is 15.0 Å². The monoisotopic (exact) mass is 600 g/mol. The van der Waals surface area contributed by atoms with Crippen LogP contribution in [0.15, 0.2) is 42.0 Å². The van der Waals surface area contributed by atoms with Gasteiger partial charge in [-0.15, -0.1) is 0 Å². The lowest BCUT2D eigenvalue weighted by Crippen LogP contribution is -2.76. The van der Waals surface area contributed by atoms with Crippen molar-refractivity contribution in [1.29, 1.82) is 0 Å². The number of fused-ring (bicyclic) bond motifs is 4. The van der Waals surface area contributed by atoms with Crippen LogP contribution in [-0.2, 0) is 28.5 Å². The molecule has 236 valence electrons. The van der Waals surface area contributed by atoms with Crippen LogP contribution in [0.4, 0.5) is 0 Å². The number of ketones is 1. The molecule has 1 saturated carbocycles. The number of aliphatic hydroxyl groups is 1. The van der Waals surface area contributed by atoms with Gasteiger partial charge in [-0.3, -0.25) is 9.69 Å². The van der Waals surface area contributed by atoms with Crippen LogP contribution >= 0.6 is 0 Å². The molecule has 3 fully saturated rings. The number of rotatable bonds is 3. The highest BCUT2D eigenvalue weighted by atomic mass is 16.5. The lowest BCUT2D eigenvalue weighted by molar-refractivity contribution is -0.185. The van der Waals surface area contributed by atoms with Gasteiger partial charge in [-0.25, -0.2) is 0 Å². The molecule has 0 radical (unpaired) electrons. The van der Waals surface area contributed by atoms with E-state index in [1.807, 2.05) is 18.2 Å². The molecule has 7 heteroatoms. The molecule has 2 aromatic rings. The predicted octanol–water partition coefficient (Wildman–Crippen LogP) is 4.93. The third-order valence-corrected chi connectivity index (χ3v) is 12.6. The zero-order valence-corrected chi connectivity index (χ0v) is 27.2. The third-order valence-electron chi connectivity index (χ3n) is 12.6. The van der Waals surface area contributed by atoms with Crippen molar-refractivity contribution in [1.82, 2.24) is 9.80 Å². The SMILES string of the molecule is CC(C)=CCN1CC[C@@]2(C)c3cc(O)ccc3C[C@@H]1[C@@H]2C.COc1ccc2c3c1O[C@H]1C(=O)CC[C@@]4(O)[C@@H](C2)N(C)CC[C@]314. The van der Waals surface area contributed by atoms with Crippen molar-refractivity contribution < 1.29 is 24.5 Å². The predicted molar refractivity (Wildman–Crippen MR) is 171 cm³/mol. The van der Waals surface area contributed by atoms with E-state index < -0.39 is 17.1 Å². The van der Waals surface area contributed by atoms with Crippen LogP contribution in [-0.4, -0.2) is 83.4 Å². The Morgan fingerprint density at radius 3 is 2.64 bits per heavy atom. The molecule has 7 nitrogen and oxygen atoms in total. The average Bonchev–Trinajstić information content (AvgIpc) is 3.35. The number of phenols is 1. The molecule has 0 aromatic heterocycles. The fourth-order valence-corrected chi connectivity index (χ4v) is 9.91. The molecule has 6 aliphatic rings. The summed E-state index contributed by atoms with van der Waals surface area (Å²) in [4.78, 5) is 17.6. The van der Waals surface area contributed by atoms with Crippen molar-refractivity contribution in [3.05, 3.63) is 64.2 Å². The number of aromatic hydroxyl groups is 1. The van der Waals surface area contributed by atoms with E-state index in [1.54, 1.807) is 7.11 Å². The van der Waals surface area contributed by atoms with E-state index in [4.69, 9.17) is 9.47 Å². The summed E-state index contributed by atoms with van der Waals surface area (Å²) >= 11 is 0. The van der Waals surface area contributed by atoms with Gasteiger partial charge in [0.25, 0.3) is 0 Å². The molecule has 2 N–H and O–H groups in total. The normalized spacial score (nSPS) is 36.3. The van der Waals surface area contributed by atoms with Crippen LogP contribution in [0.3, 0.4) is 0 Å². The first-order valence-electron chi connectivity index (χ1n) is 16.5. The van der Waals surface area contributed by atoms with Gasteiger partial charge in [0.2, 0.25) is 0 Å². The zero-order chi connectivity index (χ0) is 31.2. The number of hydrogen-bond donors (Lipinski definition) is 2. The number of carbonyl (C=O) groups is 1. The fourth-order valence-electron chi connectivity index (χ4n) is 9.91. The van der Waals surface area contributed by atoms with Gasteiger partial charge in [0.05, 0.1) is 18.1 Å². The summed E-state index contributed by atoms with van der Waals surface area (Å²) in [6.45, 7) is 12.2. The fraction of sp³-hybridized carbons (Fsp3) is 0.595. The molecule has 1 spiro atoms. The number of likely N-dealkylation sites (N-methyl/N-ethyl adjacent to an activating group) is 1. The van der Waals surface area contributed by atoms with E-state index in [0.29, 0.717) is 42.0 Å². The highest BCUT2D eigenvalue weighted by molar-refractivity contribution is 5.90. The number of Topliss-reactive ketones (excluding diaryl/α,β-unsaturated/α-hetero) is 1. The Hall–Kier alpha value is -2.87. The van der Waals surface area contributed by atoms with Gasteiger partial charge in [0.1, 0.15) is 5.75 Å². The third kappa shape index (κ3) is 4.01. The zero-order valence-electron chi connectivity index (χ0n) is 27.2. The molecule has 0 unspecified atom stereocenters. The Kier molecular flexibility index (Phi) is 7.00. The van der Waals surface area contributed by atoms with Crippen LogP contribution in [0.1, 0.15) is 75.6 Å². The average molecular weight is 601 g/mol. The first kappa shape index (κ1) is 29.8. The van der Waals surface area contributed by atoms with Crippen molar-refractivity contribution >= 4 is 5.78 Å². The largest absolute Gasteiger partial charge is 0.508 e. The first-order chi connectivity index (χ1) is 20.9. The molecular formula is C37H48N2O5. The first-order valence-corrected chi connectivity index (χ1v) is 16.5. The van der Waals surface area contributed by atoms with Crippen molar-refractivity contribution in [2.45, 2.75) is 101 Å². The Bertz CT molecular complexity index is 1530. The quantitative estimate of drug-likeness (QED) is 0.484. The molecule has 3 aliphatic carbocycles. The van der Waals surface area contributed by atoms with Crippen molar-refractivity contribution in [2.75, 3.05) is 33.8 Å². The second-order valence-corrected chi connectivity index (χ2v) is 14.8. The number of carbonyl (C=O) groups excluding carboxylic acids is 1. The second-order valence-electron chi connectivity index (χ2n) is 14.8. The summed E-state index contributed by atoms with van der Waals surface area (Å²) in [5, 5.41) is 21.6. The number of benzene rings is 2. The highest BCUT2D eigenvalue weighted by Crippen LogP contribution is 2.64. The topological polar surface area (TPSA) is 82.5 Å². The molecular weight excluding hydrogens is 552 g/mol. The summed E-state index contributed by atoms with van der Waals surface area (Å²) in [6.07, 6.45) is 6.53. The van der Waals surface area contributed by atoms with E-state index in [1.165, 1.54) is 28.7 Å². The van der Waals surface area contributed by atoms with Crippen LogP contribution in [0.2, 0.25) is 0 Å². The summed E-state index contributed by atoms with van der Waals surface area (Å²) in [7, 11) is 3.70. The van der Waals surface area contributed by atoms with Gasteiger partial charge in [-0.05, 0) is 112 Å². The minimum absolute atomic E-state index is 0.0438. The van der Waals surface area contributed by atoms with Gasteiger partial charge in [0, 0.05) is 30.6 Å². The van der Waals surface area contributed by atoms with Gasteiger partial charge < -0.3 is 24.6 Å². The van der Waals surface area contributed by atoms with Crippen LogP contribution in [0.5, 0.6) is 17.2 Å². The molecule has 3 heterocycles. The summed E-state index contributed by atoms with van der Waals surface area (Å²) in [6, 6.07) is 10.6. The second kappa shape index (κ2) is 10.3. The number of methoxy groups -OCH3 is 1. The molecule has 2 aromatic carbocycles. The standard InChI is InChI=1S/C19H27NO.C18H21NO4/c1-13(2)7-9-20-10-8-19(4)14(3)18(20)11-15-5-6-16(21)12-17(15)19;1-19-8-7-17-14-10-3-4-12(22-2)15(14)23-16(17)11(20)5-6-18(17,21)13(19)9-10/h5-7,12,14,18,21H,8-11H2,1-4H3;3-4,13,16,21H,5-9H2,1-2H3/t14-,18+,19+;13-,16+,17+,18-/m01/s1. The smallest absolute Gasteiger partial charge is 0.174 e. The molecule has 7 atom stereocenters. The molecule has 3 aliphatic heterocycles. The number of ether oxygens (including phenoxy) is 2. The van der Waals surface area contributed by atoms with Gasteiger partial charge in [0.15, 0.2) is 23.4 Å². The number of phenolic OH excluding ortho intramolecular Hbond substituents is 1. The van der Waals surface area contributed by atoms with E-state index >= 15 is 0 Å². The van der Waals surface area contributed by atoms with Crippen LogP contribution in [0.25, 0.3) is 0 Å². The van der Waals surface area contributed by atoms with E-state index in [0.717, 1.165) is 44.5 Å². The molecule has 2 saturated heterocycles. The summed E-state index contributed by atoms with van der Waals surface area (Å²) < 4.78 is 11.6. The molecule has 4 bridgehead atoms. The van der Waals surface area contributed by atoms with Gasteiger partial charge >= 0.3 is 0 Å². The number of piperidine rings is 2. The minimum Gasteiger partial charge on any atom is -0.508 e. The van der Waals surface area contributed by atoms with E-state index in [-0.39, 0.29) is 17.2 Å². The van der Waals surface area contributed by atoms with Crippen LogP contribution in [0, 0.1) is 5.92 Å². The number of nitrogens with zero attached hydrogens (tertiary/aromatic N) is 2. The van der Waals surface area contributed by atoms with Crippen LogP contribution < -0.4 is 9.47 Å². The van der Waals surface area contributed by atoms with Crippen molar-refractivity contribution in [2.24, 2.45) is 5.92 Å². The molecule has 0 amide bonds. The number of likely N-dealkylation sites (tertiary alicyclic amines) is 2. The Labute approximate surface area is 261 Å². The van der Waals surface area contributed by atoms with E-state index in [2.05, 4.69) is 62.8 Å². The van der Waals surface area contributed by atoms with Gasteiger partial charge in [-0.2, -0.15) is 0 Å². The Morgan fingerprint density at radius 1 is 1.11 bits per heavy atom. The lowest BCUT2D eigenvalue weighted by atomic mass is 9.49. The maximum Gasteiger partial charge on any atom is 0.174 e. The van der Waals surface area contributed by atoms with Gasteiger partial charge in [-0.1, -0.05) is 37.6 Å². The highest BCUT2D eigenvalue weighted by Gasteiger charge is 2.72. The summed E-state index contributed by atoms with van der Waals surface area (Å²) in [5.74, 6) is 2.51. The number of hydrogen-bond acceptors (Lipinski definition) is 7. The minimum atomic E-state index is -0.900. The maximum absolute atomic E-state index is 12.7. The Balaban J connectivity index is 0.000000143. The Morgan fingerprint density at radius 2 is 1.89 bits per heavy atom. The molecule has 44 heavy (non-hydrogen) atoms. The van der Waals surface area contributed by atoms with Crippen molar-refractivity contribution in [3.8, 4) is 17.2 Å². The maximum atomic E-state index is 12.7. The van der Waals surface area contributed by atoms with Crippen molar-refractivity contribution in [3.63, 3.8) is 0 Å². The number of allylic oxidation sites excluding steroid dienone is 1. The summed E-state index contributed by atoms with van der Waals surface area (Å²) in [5.41, 5.74) is 5.16. The molecule has 8 rings (SSSR count).